The van der Waals surface area contributed by atoms with Crippen LogP contribution in [0.3, 0.4) is 0 Å². The van der Waals surface area contributed by atoms with Gasteiger partial charge < -0.3 is 15.0 Å². The fourth-order valence-electron chi connectivity index (χ4n) is 4.33. The second-order valence-electron chi connectivity index (χ2n) is 8.66. The predicted octanol–water partition coefficient (Wildman–Crippen LogP) is 5.30. The zero-order valence-corrected chi connectivity index (χ0v) is 18.5. The quantitative estimate of drug-likeness (QED) is 0.418. The minimum Gasteiger partial charge on any atom is -0.379 e. The summed E-state index contributed by atoms with van der Waals surface area (Å²) in [4.78, 5) is 12.6. The number of nitrogens with one attached hydrogen (secondary N) is 2. The van der Waals surface area contributed by atoms with Crippen LogP contribution in [0.25, 0.3) is 28.2 Å². The maximum atomic E-state index is 6.36. The Morgan fingerprint density at radius 2 is 1.91 bits per heavy atom. The Kier molecular flexibility index (Phi) is 5.08. The summed E-state index contributed by atoms with van der Waals surface area (Å²) in [6.07, 6.45) is 9.90. The van der Waals surface area contributed by atoms with Gasteiger partial charge in [0, 0.05) is 30.7 Å². The number of benzene rings is 1. The van der Waals surface area contributed by atoms with E-state index in [-0.39, 0.29) is 6.10 Å². The number of hydrogen-bond donors (Lipinski definition) is 2. The monoisotopic (exact) mass is 448 g/mol. The smallest absolute Gasteiger partial charge is 0.177 e. The molecule has 7 nitrogen and oxygen atoms in total. The normalized spacial score (nSPS) is 18.8. The zero-order valence-electron chi connectivity index (χ0n) is 17.7. The fraction of sp³-hybridized carbons (Fsp3) is 0.375. The Morgan fingerprint density at radius 1 is 1.06 bits per heavy atom. The van der Waals surface area contributed by atoms with Crippen LogP contribution in [0.2, 0.25) is 5.15 Å². The second-order valence-corrected chi connectivity index (χ2v) is 9.05. The van der Waals surface area contributed by atoms with Crippen molar-refractivity contribution in [3.63, 3.8) is 0 Å². The van der Waals surface area contributed by atoms with Crippen LogP contribution in [0, 0.1) is 0 Å². The van der Waals surface area contributed by atoms with Gasteiger partial charge in [-0.2, -0.15) is 5.10 Å². The maximum Gasteiger partial charge on any atom is 0.177 e. The fourth-order valence-corrected chi connectivity index (χ4v) is 4.51. The van der Waals surface area contributed by atoms with Crippen molar-refractivity contribution in [2.75, 3.05) is 18.5 Å². The zero-order chi connectivity index (χ0) is 21.5. The minimum absolute atomic E-state index is 0.223. The topological polar surface area (TPSA) is 80.1 Å². The molecule has 4 aromatic rings. The molecule has 1 aliphatic carbocycles. The summed E-state index contributed by atoms with van der Waals surface area (Å²) in [6, 6.07) is 10.2. The third-order valence-electron chi connectivity index (χ3n) is 6.28. The second kappa shape index (κ2) is 8.22. The molecule has 2 fully saturated rings. The van der Waals surface area contributed by atoms with E-state index in [0.29, 0.717) is 11.1 Å². The van der Waals surface area contributed by atoms with Gasteiger partial charge in [-0.3, -0.25) is 0 Å². The first-order chi connectivity index (χ1) is 15.7. The number of aromatic amines is 1. The number of rotatable bonds is 6. The lowest BCUT2D eigenvalue weighted by atomic mass is 10.1. The summed E-state index contributed by atoms with van der Waals surface area (Å²) in [5, 5.41) is 8.40. The van der Waals surface area contributed by atoms with Gasteiger partial charge in [-0.05, 0) is 37.7 Å². The molecule has 1 saturated heterocycles. The molecule has 0 unspecified atom stereocenters. The number of anilines is 1. The molecule has 2 N–H and O–H groups in total. The first-order valence-electron chi connectivity index (χ1n) is 11.3. The lowest BCUT2D eigenvalue weighted by Gasteiger charge is -2.23. The molecule has 0 amide bonds. The highest BCUT2D eigenvalue weighted by atomic mass is 35.5. The van der Waals surface area contributed by atoms with Crippen molar-refractivity contribution >= 4 is 22.9 Å². The lowest BCUT2D eigenvalue weighted by molar-refractivity contribution is 0.0248. The van der Waals surface area contributed by atoms with Gasteiger partial charge in [0.25, 0.3) is 0 Å². The van der Waals surface area contributed by atoms with Crippen molar-refractivity contribution in [3.8, 4) is 22.5 Å². The van der Waals surface area contributed by atoms with Crippen molar-refractivity contribution in [1.29, 1.82) is 0 Å². The van der Waals surface area contributed by atoms with Gasteiger partial charge in [0.1, 0.15) is 5.82 Å². The van der Waals surface area contributed by atoms with Crippen LogP contribution in [0.15, 0.2) is 42.7 Å². The summed E-state index contributed by atoms with van der Waals surface area (Å²) < 4.78 is 7.65. The van der Waals surface area contributed by atoms with Crippen LogP contribution in [0.5, 0.6) is 0 Å². The number of halogens is 1. The lowest BCUT2D eigenvalue weighted by Crippen LogP contribution is -2.27. The van der Waals surface area contributed by atoms with E-state index in [1.165, 1.54) is 19.3 Å². The number of nitrogens with zero attached hydrogens (tertiary/aromatic N) is 4. The molecular weight excluding hydrogens is 424 g/mol. The van der Waals surface area contributed by atoms with Gasteiger partial charge in [-0.1, -0.05) is 35.9 Å². The van der Waals surface area contributed by atoms with Crippen LogP contribution in [-0.4, -0.2) is 43.8 Å². The van der Waals surface area contributed by atoms with Crippen LogP contribution in [0.1, 0.15) is 43.8 Å². The summed E-state index contributed by atoms with van der Waals surface area (Å²) in [7, 11) is 0. The molecule has 1 aliphatic heterocycles. The Morgan fingerprint density at radius 3 is 2.69 bits per heavy atom. The molecule has 164 valence electrons. The molecule has 6 rings (SSSR count). The highest BCUT2D eigenvalue weighted by Gasteiger charge is 2.26. The predicted molar refractivity (Wildman–Crippen MR) is 125 cm³/mol. The molecular formula is C24H25ClN6O. The molecule has 2 aliphatic rings. The van der Waals surface area contributed by atoms with Crippen LogP contribution in [-0.2, 0) is 4.74 Å². The molecule has 0 spiro atoms. The number of ether oxygens (including phenoxy) is 1. The van der Waals surface area contributed by atoms with Gasteiger partial charge >= 0.3 is 0 Å². The number of hydrogen-bond acceptors (Lipinski definition) is 5. The summed E-state index contributed by atoms with van der Waals surface area (Å²) in [5.74, 6) is 1.72. The first kappa shape index (κ1) is 19.8. The van der Waals surface area contributed by atoms with E-state index in [9.17, 15) is 0 Å². The highest BCUT2D eigenvalue weighted by Crippen LogP contribution is 2.39. The number of aromatic nitrogens is 5. The van der Waals surface area contributed by atoms with E-state index < -0.39 is 0 Å². The van der Waals surface area contributed by atoms with E-state index in [1.807, 2.05) is 23.0 Å². The number of H-pyrrole nitrogens is 1. The largest absolute Gasteiger partial charge is 0.379 e. The van der Waals surface area contributed by atoms with E-state index in [4.69, 9.17) is 16.3 Å². The summed E-state index contributed by atoms with van der Waals surface area (Å²) in [5.41, 5.74) is 5.71. The standard InChI is InChI=1S/C24H25ClN6O/c25-22-11-19(26-12-18-3-1-2-10-32-18)24-28-14-21(31(24)30-22)16-6-4-15(5-7-16)20-13-27-23(29-20)17-8-9-17/h4-7,11,13-14,17-18,26H,1-3,8-10,12H2,(H,27,29)/t18-/m1/s1. The Balaban J connectivity index is 1.26. The van der Waals surface area contributed by atoms with Gasteiger partial charge in [0.05, 0.1) is 35.6 Å². The SMILES string of the molecule is Clc1cc(NC[C@H]2CCCCO2)c2ncc(-c3ccc(-c4cnc(C5CC5)[nH]4)cc3)n2n1. The van der Waals surface area contributed by atoms with Crippen LogP contribution >= 0.6 is 11.6 Å². The first-order valence-corrected chi connectivity index (χ1v) is 11.7. The van der Waals surface area contributed by atoms with Crippen molar-refractivity contribution in [2.24, 2.45) is 0 Å². The maximum absolute atomic E-state index is 6.36. The van der Waals surface area contributed by atoms with Gasteiger partial charge in [0.2, 0.25) is 0 Å². The molecule has 8 heteroatoms. The van der Waals surface area contributed by atoms with Crippen LogP contribution < -0.4 is 5.32 Å². The Hall–Kier alpha value is -2.90. The molecule has 4 heterocycles. The number of imidazole rings is 2. The van der Waals surface area contributed by atoms with Gasteiger partial charge in [-0.15, -0.1) is 0 Å². The van der Waals surface area contributed by atoms with Crippen molar-refractivity contribution in [1.82, 2.24) is 24.6 Å². The third kappa shape index (κ3) is 3.87. The summed E-state index contributed by atoms with van der Waals surface area (Å²) >= 11 is 6.36. The average molecular weight is 449 g/mol. The number of fused-ring (bicyclic) bond motifs is 1. The molecule has 0 bridgehead atoms. The summed E-state index contributed by atoms with van der Waals surface area (Å²) in [6.45, 7) is 1.57. The molecule has 32 heavy (non-hydrogen) atoms. The van der Waals surface area contributed by atoms with Gasteiger partial charge in [-0.25, -0.2) is 14.5 Å². The van der Waals surface area contributed by atoms with Crippen molar-refractivity contribution < 1.29 is 4.74 Å². The van der Waals surface area contributed by atoms with Crippen LogP contribution in [0.4, 0.5) is 5.69 Å². The molecule has 1 aromatic carbocycles. The third-order valence-corrected chi connectivity index (χ3v) is 6.47. The minimum atomic E-state index is 0.223. The van der Waals surface area contributed by atoms with E-state index in [0.717, 1.165) is 65.7 Å². The van der Waals surface area contributed by atoms with Crippen molar-refractivity contribution in [3.05, 3.63) is 53.7 Å². The Labute approximate surface area is 191 Å². The molecule has 1 atom stereocenters. The van der Waals surface area contributed by atoms with Crippen molar-refractivity contribution in [2.45, 2.75) is 44.1 Å². The molecule has 0 radical (unpaired) electrons. The van der Waals surface area contributed by atoms with E-state index >= 15 is 0 Å². The Bertz CT molecular complexity index is 1240. The molecule has 1 saturated carbocycles. The average Bonchev–Trinajstić information content (AvgIpc) is 3.40. The van der Waals surface area contributed by atoms with E-state index in [2.05, 4.69) is 49.6 Å². The molecule has 3 aromatic heterocycles. The van der Waals surface area contributed by atoms with Gasteiger partial charge in [0.15, 0.2) is 10.8 Å². The highest BCUT2D eigenvalue weighted by molar-refractivity contribution is 6.29. The van der Waals surface area contributed by atoms with E-state index in [1.54, 1.807) is 0 Å².